The number of hydrogen-bond acceptors (Lipinski definition) is 5. The summed E-state index contributed by atoms with van der Waals surface area (Å²) >= 11 is 0. The third-order valence-electron chi connectivity index (χ3n) is 1.41. The third-order valence-corrected chi connectivity index (χ3v) is 1.41. The van der Waals surface area contributed by atoms with Crippen molar-refractivity contribution in [2.75, 3.05) is 7.11 Å². The average Bonchev–Trinajstić information content (AvgIpc) is 2.11. The van der Waals surface area contributed by atoms with Crippen molar-refractivity contribution in [2.45, 2.75) is 20.8 Å². The van der Waals surface area contributed by atoms with Crippen LogP contribution in [-0.2, 0) is 19.3 Å². The van der Waals surface area contributed by atoms with Gasteiger partial charge in [-0.2, -0.15) is 4.79 Å². The summed E-state index contributed by atoms with van der Waals surface area (Å²) in [6, 6.07) is 0. The van der Waals surface area contributed by atoms with Crippen molar-refractivity contribution in [1.82, 2.24) is 0 Å². The van der Waals surface area contributed by atoms with Crippen LogP contribution in [0.3, 0.4) is 0 Å². The van der Waals surface area contributed by atoms with Gasteiger partial charge in [-0.1, -0.05) is 5.57 Å². The van der Waals surface area contributed by atoms with Crippen LogP contribution in [-0.4, -0.2) is 19.2 Å². The van der Waals surface area contributed by atoms with E-state index >= 15 is 0 Å². The van der Waals surface area contributed by atoms with Crippen molar-refractivity contribution < 1.29 is 24.1 Å². The highest BCUT2D eigenvalue weighted by molar-refractivity contribution is 5.88. The van der Waals surface area contributed by atoms with Crippen molar-refractivity contribution in [1.29, 1.82) is 0 Å². The first kappa shape index (κ1) is 11.5. The van der Waals surface area contributed by atoms with E-state index in [0.717, 1.165) is 12.7 Å². The number of carbonyl (C=O) groups is 2. The predicted octanol–water partition coefficient (Wildman–Crippen LogP) is 1.58. The van der Waals surface area contributed by atoms with Gasteiger partial charge < -0.3 is 4.74 Å². The lowest BCUT2D eigenvalue weighted by Crippen LogP contribution is -2.12. The zero-order valence-electron chi connectivity index (χ0n) is 8.04. The van der Waals surface area contributed by atoms with Gasteiger partial charge in [0, 0.05) is 5.57 Å². The Kier molecular flexibility index (Phi) is 4.58. The van der Waals surface area contributed by atoms with Crippen LogP contribution in [0.1, 0.15) is 20.8 Å². The van der Waals surface area contributed by atoms with E-state index in [1.54, 1.807) is 20.8 Å². The molecule has 0 spiro atoms. The average molecular weight is 188 g/mol. The van der Waals surface area contributed by atoms with Gasteiger partial charge in [0.05, 0.1) is 7.11 Å². The summed E-state index contributed by atoms with van der Waals surface area (Å²) in [5, 5.41) is 0. The molecule has 0 saturated heterocycles. The molecule has 0 atom stereocenters. The summed E-state index contributed by atoms with van der Waals surface area (Å²) in [5.41, 5.74) is 1.18. The normalized spacial score (nSPS) is 8.62. The molecule has 0 aromatic heterocycles. The number of hydrogen-bond donors (Lipinski definition) is 0. The van der Waals surface area contributed by atoms with Crippen LogP contribution in [0.2, 0.25) is 0 Å². The largest absolute Gasteiger partial charge is 0.549 e. The highest BCUT2D eigenvalue weighted by Crippen LogP contribution is 2.04. The first-order valence-electron chi connectivity index (χ1n) is 3.60. The fourth-order valence-corrected chi connectivity index (χ4v) is 0.373. The summed E-state index contributed by atoms with van der Waals surface area (Å²) in [7, 11) is 1.12. The molecule has 0 bridgehead atoms. The minimum atomic E-state index is -1.06. The van der Waals surface area contributed by atoms with Gasteiger partial charge in [0.25, 0.3) is 0 Å². The van der Waals surface area contributed by atoms with Crippen LogP contribution in [0.25, 0.3) is 0 Å². The molecule has 0 aliphatic heterocycles. The molecule has 5 nitrogen and oxygen atoms in total. The molecular formula is C8H12O5. The lowest BCUT2D eigenvalue weighted by Gasteiger charge is -2.02. The van der Waals surface area contributed by atoms with Crippen LogP contribution in [0, 0.1) is 0 Å². The Bertz CT molecular complexity index is 237. The zero-order chi connectivity index (χ0) is 10.4. The van der Waals surface area contributed by atoms with Gasteiger partial charge in [0.2, 0.25) is 0 Å². The molecule has 0 rings (SSSR count). The second-order valence-corrected chi connectivity index (χ2v) is 2.53. The van der Waals surface area contributed by atoms with E-state index in [1.165, 1.54) is 0 Å². The molecule has 0 amide bonds. The first-order chi connectivity index (χ1) is 5.99. The van der Waals surface area contributed by atoms with Crippen LogP contribution < -0.4 is 0 Å². The van der Waals surface area contributed by atoms with Crippen molar-refractivity contribution in [2.24, 2.45) is 0 Å². The molecular weight excluding hydrogens is 176 g/mol. The van der Waals surface area contributed by atoms with Crippen molar-refractivity contribution >= 4 is 12.1 Å². The van der Waals surface area contributed by atoms with E-state index < -0.39 is 12.1 Å². The molecule has 0 aliphatic carbocycles. The Morgan fingerprint density at radius 1 is 1.00 bits per heavy atom. The Labute approximate surface area is 76.2 Å². The van der Waals surface area contributed by atoms with Gasteiger partial charge in [0.1, 0.15) is 0 Å². The highest BCUT2D eigenvalue weighted by atomic mass is 17.2. The number of rotatable bonds is 1. The summed E-state index contributed by atoms with van der Waals surface area (Å²) < 4.78 is 4.09. The maximum Gasteiger partial charge on any atom is 0.549 e. The van der Waals surface area contributed by atoms with Crippen molar-refractivity contribution in [3.05, 3.63) is 11.1 Å². The third kappa shape index (κ3) is 4.15. The summed E-state index contributed by atoms with van der Waals surface area (Å²) in [6.07, 6.45) is -1.06. The minimum absolute atomic E-state index is 0.393. The maximum absolute atomic E-state index is 11.0. The Balaban J connectivity index is 4.04. The number of carbonyl (C=O) groups excluding carboxylic acids is 2. The molecule has 0 saturated carbocycles. The molecule has 0 aliphatic rings. The van der Waals surface area contributed by atoms with Gasteiger partial charge in [-0.15, -0.1) is 0 Å². The topological polar surface area (TPSA) is 61.8 Å². The summed E-state index contributed by atoms with van der Waals surface area (Å²) in [5.74, 6) is -0.703. The van der Waals surface area contributed by atoms with Gasteiger partial charge in [-0.05, 0) is 20.8 Å². The summed E-state index contributed by atoms with van der Waals surface area (Å²) in [6.45, 7) is 5.06. The van der Waals surface area contributed by atoms with Gasteiger partial charge in [-0.3, -0.25) is 0 Å². The Morgan fingerprint density at radius 2 is 1.54 bits per heavy atom. The van der Waals surface area contributed by atoms with E-state index in [2.05, 4.69) is 14.5 Å². The maximum atomic E-state index is 11.0. The Morgan fingerprint density at radius 3 is 1.92 bits per heavy atom. The van der Waals surface area contributed by atoms with E-state index in [1.807, 2.05) is 0 Å². The molecule has 74 valence electrons. The van der Waals surface area contributed by atoms with Crippen LogP contribution in [0.5, 0.6) is 0 Å². The second-order valence-electron chi connectivity index (χ2n) is 2.53. The molecule has 0 aromatic carbocycles. The molecule has 0 heterocycles. The number of allylic oxidation sites excluding steroid dienone is 1. The molecule has 0 fully saturated rings. The molecule has 0 unspecified atom stereocenters. The monoisotopic (exact) mass is 188 g/mol. The summed E-state index contributed by atoms with van der Waals surface area (Å²) in [4.78, 5) is 29.5. The lowest BCUT2D eigenvalue weighted by atomic mass is 10.2. The minimum Gasteiger partial charge on any atom is -0.435 e. The van der Waals surface area contributed by atoms with E-state index in [9.17, 15) is 9.59 Å². The van der Waals surface area contributed by atoms with E-state index in [0.29, 0.717) is 5.57 Å². The van der Waals surface area contributed by atoms with E-state index in [4.69, 9.17) is 0 Å². The van der Waals surface area contributed by atoms with E-state index in [-0.39, 0.29) is 0 Å². The van der Waals surface area contributed by atoms with Crippen molar-refractivity contribution in [3.63, 3.8) is 0 Å². The fraction of sp³-hybridized carbons (Fsp3) is 0.500. The Hall–Kier alpha value is -1.52. The number of methoxy groups -OCH3 is 1. The quantitative estimate of drug-likeness (QED) is 0.270. The predicted molar refractivity (Wildman–Crippen MR) is 43.6 cm³/mol. The zero-order valence-corrected chi connectivity index (χ0v) is 8.04. The van der Waals surface area contributed by atoms with Crippen molar-refractivity contribution in [3.8, 4) is 0 Å². The second kappa shape index (κ2) is 5.18. The van der Waals surface area contributed by atoms with Gasteiger partial charge in [0.15, 0.2) is 0 Å². The van der Waals surface area contributed by atoms with Gasteiger partial charge >= 0.3 is 12.1 Å². The SMILES string of the molecule is COC(=O)OOC(=O)C(C)=C(C)C. The molecule has 13 heavy (non-hydrogen) atoms. The van der Waals surface area contributed by atoms with Crippen LogP contribution in [0.15, 0.2) is 11.1 Å². The van der Waals surface area contributed by atoms with Crippen LogP contribution >= 0.6 is 0 Å². The standard InChI is InChI=1S/C8H12O5/c1-5(2)6(3)7(9)12-13-8(10)11-4/h1-4H3. The molecule has 0 radical (unpaired) electrons. The van der Waals surface area contributed by atoms with Gasteiger partial charge in [-0.25, -0.2) is 14.6 Å². The molecule has 5 heteroatoms. The fourth-order valence-electron chi connectivity index (χ4n) is 0.373. The molecule has 0 N–H and O–H groups in total. The smallest absolute Gasteiger partial charge is 0.435 e. The highest BCUT2D eigenvalue weighted by Gasteiger charge is 2.11. The first-order valence-corrected chi connectivity index (χ1v) is 3.60. The number of ether oxygens (including phenoxy) is 1. The lowest BCUT2D eigenvalue weighted by molar-refractivity contribution is -0.237. The molecule has 0 aromatic rings. The van der Waals surface area contributed by atoms with Crippen LogP contribution in [0.4, 0.5) is 4.79 Å².